The molecule has 0 spiro atoms. The van der Waals surface area contributed by atoms with Crippen LogP contribution in [-0.2, 0) is 6.18 Å². The molecule has 6 nitrogen and oxygen atoms in total. The first kappa shape index (κ1) is 16.0. The lowest BCUT2D eigenvalue weighted by Crippen LogP contribution is -2.28. The third-order valence-corrected chi connectivity index (χ3v) is 5.03. The first-order chi connectivity index (χ1) is 11.9. The van der Waals surface area contributed by atoms with Crippen LogP contribution < -0.4 is 0 Å². The van der Waals surface area contributed by atoms with Gasteiger partial charge in [0, 0.05) is 19.0 Å². The summed E-state index contributed by atoms with van der Waals surface area (Å²) in [5.41, 5.74) is 0.750. The average Bonchev–Trinajstić information content (AvgIpc) is 3.30. The molecule has 25 heavy (non-hydrogen) atoms. The topological polar surface area (TPSA) is 72.1 Å². The number of nitrogens with zero attached hydrogens (tertiary/aromatic N) is 4. The maximum atomic E-state index is 12.6. The van der Waals surface area contributed by atoms with E-state index in [9.17, 15) is 18.0 Å². The fourth-order valence-electron chi connectivity index (χ4n) is 2.77. The maximum Gasteiger partial charge on any atom is 0.471 e. The van der Waals surface area contributed by atoms with Crippen molar-refractivity contribution in [2.75, 3.05) is 13.1 Å². The number of aromatic nitrogens is 3. The highest BCUT2D eigenvalue weighted by Gasteiger charge is 2.40. The molecule has 4 rings (SSSR count). The Morgan fingerprint density at radius 1 is 1.28 bits per heavy atom. The molecule has 1 fully saturated rings. The van der Waals surface area contributed by atoms with Crippen LogP contribution >= 0.6 is 11.3 Å². The number of rotatable bonds is 2. The zero-order chi connectivity index (χ0) is 17.6. The van der Waals surface area contributed by atoms with Crippen LogP contribution in [0.4, 0.5) is 13.2 Å². The van der Waals surface area contributed by atoms with Crippen LogP contribution in [0.1, 0.15) is 33.9 Å². The van der Waals surface area contributed by atoms with Gasteiger partial charge in [-0.2, -0.15) is 18.2 Å². The van der Waals surface area contributed by atoms with Crippen molar-refractivity contribution in [2.24, 2.45) is 0 Å². The molecule has 1 saturated heterocycles. The number of hydrogen-bond acceptors (Lipinski definition) is 6. The number of hydrogen-bond donors (Lipinski definition) is 0. The minimum Gasteiger partial charge on any atom is -0.336 e. The number of fused-ring (bicyclic) bond motifs is 1. The molecule has 0 N–H and O–H groups in total. The van der Waals surface area contributed by atoms with Crippen molar-refractivity contribution in [3.05, 3.63) is 41.0 Å². The molecule has 3 aromatic rings. The van der Waals surface area contributed by atoms with Gasteiger partial charge in [-0.3, -0.25) is 4.79 Å². The lowest BCUT2D eigenvalue weighted by atomic mass is 10.1. The third-order valence-electron chi connectivity index (χ3n) is 4.00. The van der Waals surface area contributed by atoms with E-state index in [1.807, 2.05) is 24.3 Å². The molecule has 0 radical (unpaired) electrons. The summed E-state index contributed by atoms with van der Waals surface area (Å²) in [5, 5.41) is 3.78. The largest absolute Gasteiger partial charge is 0.471 e. The number of benzene rings is 1. The summed E-state index contributed by atoms with van der Waals surface area (Å²) >= 11 is 1.30. The van der Waals surface area contributed by atoms with Crippen LogP contribution in [0.25, 0.3) is 10.2 Å². The van der Waals surface area contributed by atoms with Gasteiger partial charge in [-0.15, -0.1) is 11.3 Å². The predicted octanol–water partition coefficient (Wildman–Crippen LogP) is 3.33. The predicted molar refractivity (Wildman–Crippen MR) is 82.2 cm³/mol. The van der Waals surface area contributed by atoms with Gasteiger partial charge in [-0.25, -0.2) is 4.98 Å². The number of carbonyl (C=O) groups is 1. The van der Waals surface area contributed by atoms with Crippen molar-refractivity contribution in [2.45, 2.75) is 18.5 Å². The highest BCUT2D eigenvalue weighted by atomic mass is 32.1. The molecule has 1 atom stereocenters. The third kappa shape index (κ3) is 2.97. The highest BCUT2D eigenvalue weighted by Crippen LogP contribution is 2.32. The highest BCUT2D eigenvalue weighted by molar-refractivity contribution is 7.20. The standard InChI is InChI=1S/C15H11F3N4O2S/c16-15(17,18)14-20-11(21-24-14)8-5-6-22(7-8)13(23)12-19-9-3-1-2-4-10(9)25-12/h1-4,8H,5-7H2/t8-/m0/s1. The molecule has 10 heteroatoms. The second kappa shape index (κ2) is 5.80. The van der Waals surface area contributed by atoms with Crippen molar-refractivity contribution in [3.8, 4) is 0 Å². The van der Waals surface area contributed by atoms with Gasteiger partial charge in [0.15, 0.2) is 10.8 Å². The monoisotopic (exact) mass is 368 g/mol. The summed E-state index contributed by atoms with van der Waals surface area (Å²) in [4.78, 5) is 21.9. The maximum absolute atomic E-state index is 12.6. The number of halogens is 3. The lowest BCUT2D eigenvalue weighted by Gasteiger charge is -2.13. The van der Waals surface area contributed by atoms with E-state index in [0.29, 0.717) is 18.0 Å². The Kier molecular flexibility index (Phi) is 3.71. The fourth-order valence-corrected chi connectivity index (χ4v) is 3.70. The van der Waals surface area contributed by atoms with Gasteiger partial charge in [-0.1, -0.05) is 17.3 Å². The molecule has 1 aromatic carbocycles. The summed E-state index contributed by atoms with van der Waals surface area (Å²) in [5.74, 6) is -1.99. The Morgan fingerprint density at radius 2 is 2.08 bits per heavy atom. The molecule has 0 aliphatic carbocycles. The summed E-state index contributed by atoms with van der Waals surface area (Å²) in [6.45, 7) is 0.654. The quantitative estimate of drug-likeness (QED) is 0.694. The molecule has 0 saturated carbocycles. The molecule has 130 valence electrons. The van der Waals surface area contributed by atoms with E-state index < -0.39 is 12.1 Å². The van der Waals surface area contributed by atoms with Gasteiger partial charge >= 0.3 is 12.1 Å². The number of thiazole rings is 1. The summed E-state index contributed by atoms with van der Waals surface area (Å²) in [7, 11) is 0. The number of likely N-dealkylation sites (tertiary alicyclic amines) is 1. The first-order valence-electron chi connectivity index (χ1n) is 7.47. The molecule has 1 aliphatic heterocycles. The Bertz CT molecular complexity index is 903. The fraction of sp³-hybridized carbons (Fsp3) is 0.333. The molecular formula is C15H11F3N4O2S. The summed E-state index contributed by atoms with van der Waals surface area (Å²) in [6, 6.07) is 7.42. The van der Waals surface area contributed by atoms with Crippen LogP contribution in [0.15, 0.2) is 28.8 Å². The number of alkyl halides is 3. The minimum absolute atomic E-state index is 0.0214. The second-order valence-corrected chi connectivity index (χ2v) is 6.71. The Hall–Kier alpha value is -2.49. The van der Waals surface area contributed by atoms with E-state index in [2.05, 4.69) is 19.6 Å². The van der Waals surface area contributed by atoms with Gasteiger partial charge in [0.2, 0.25) is 0 Å². The van der Waals surface area contributed by atoms with Crippen LogP contribution in [0.5, 0.6) is 0 Å². The minimum atomic E-state index is -4.67. The zero-order valence-electron chi connectivity index (χ0n) is 12.7. The number of carbonyl (C=O) groups excluding carboxylic acids is 1. The lowest BCUT2D eigenvalue weighted by molar-refractivity contribution is -0.159. The normalized spacial score (nSPS) is 18.2. The van der Waals surface area contributed by atoms with Gasteiger partial charge in [0.1, 0.15) is 0 Å². The molecule has 1 amide bonds. The molecule has 0 unspecified atom stereocenters. The van der Waals surface area contributed by atoms with Crippen molar-refractivity contribution in [1.29, 1.82) is 0 Å². The zero-order valence-corrected chi connectivity index (χ0v) is 13.5. The van der Waals surface area contributed by atoms with Gasteiger partial charge < -0.3 is 9.42 Å². The summed E-state index contributed by atoms with van der Waals surface area (Å²) < 4.78 is 42.8. The molecule has 0 bridgehead atoms. The van der Waals surface area contributed by atoms with E-state index >= 15 is 0 Å². The Balaban J connectivity index is 1.50. The molecule has 1 aliphatic rings. The van der Waals surface area contributed by atoms with Crippen molar-refractivity contribution >= 4 is 27.5 Å². The van der Waals surface area contributed by atoms with Crippen molar-refractivity contribution in [1.82, 2.24) is 20.0 Å². The van der Waals surface area contributed by atoms with E-state index in [1.165, 1.54) is 11.3 Å². The van der Waals surface area contributed by atoms with E-state index in [4.69, 9.17) is 0 Å². The van der Waals surface area contributed by atoms with Crippen LogP contribution in [0, 0.1) is 0 Å². The van der Waals surface area contributed by atoms with Crippen LogP contribution in [0.3, 0.4) is 0 Å². The first-order valence-corrected chi connectivity index (χ1v) is 8.29. The molecule has 3 heterocycles. The number of amides is 1. The molecule has 2 aromatic heterocycles. The van der Waals surface area contributed by atoms with E-state index in [-0.39, 0.29) is 24.2 Å². The van der Waals surface area contributed by atoms with Gasteiger partial charge in [-0.05, 0) is 18.6 Å². The summed E-state index contributed by atoms with van der Waals surface area (Å²) in [6.07, 6.45) is -4.19. The Labute approximate surface area is 143 Å². The smallest absolute Gasteiger partial charge is 0.336 e. The van der Waals surface area contributed by atoms with E-state index in [1.54, 1.807) is 4.90 Å². The average molecular weight is 368 g/mol. The second-order valence-electron chi connectivity index (χ2n) is 5.68. The van der Waals surface area contributed by atoms with Crippen LogP contribution in [-0.4, -0.2) is 39.0 Å². The van der Waals surface area contributed by atoms with E-state index in [0.717, 1.165) is 10.2 Å². The van der Waals surface area contributed by atoms with Crippen LogP contribution in [0.2, 0.25) is 0 Å². The molecular weight excluding hydrogens is 357 g/mol. The number of para-hydroxylation sites is 1. The van der Waals surface area contributed by atoms with Gasteiger partial charge in [0.25, 0.3) is 5.91 Å². The SMILES string of the molecule is O=C(c1nc2ccccc2s1)N1CC[C@H](c2noc(C(F)(F)F)n2)C1. The Morgan fingerprint density at radius 3 is 2.80 bits per heavy atom. The van der Waals surface area contributed by atoms with Crippen molar-refractivity contribution in [3.63, 3.8) is 0 Å². The van der Waals surface area contributed by atoms with Crippen molar-refractivity contribution < 1.29 is 22.5 Å². The van der Waals surface area contributed by atoms with Gasteiger partial charge in [0.05, 0.1) is 10.2 Å².